The third-order valence-corrected chi connectivity index (χ3v) is 6.71. The van der Waals surface area contributed by atoms with Gasteiger partial charge in [-0.05, 0) is 62.8 Å². The lowest BCUT2D eigenvalue weighted by molar-refractivity contribution is -0.138. The molecule has 0 saturated carbocycles. The number of aliphatic hydroxyl groups excluding tert-OH is 1. The number of cyclic esters (lactones) is 1. The van der Waals surface area contributed by atoms with Crippen LogP contribution in [0, 0.1) is 0 Å². The summed E-state index contributed by atoms with van der Waals surface area (Å²) >= 11 is 0. The molecule has 2 aromatic rings. The Hall–Kier alpha value is -4.24. The van der Waals surface area contributed by atoms with Crippen molar-refractivity contribution >= 4 is 34.9 Å². The smallest absolute Gasteiger partial charge is 0.345 e. The van der Waals surface area contributed by atoms with Gasteiger partial charge in [0.1, 0.15) is 24.5 Å². The van der Waals surface area contributed by atoms with E-state index in [1.807, 2.05) is 36.4 Å². The maximum atomic E-state index is 13.0. The van der Waals surface area contributed by atoms with E-state index in [-0.39, 0.29) is 24.5 Å². The highest BCUT2D eigenvalue weighted by atomic mass is 16.5. The average molecular weight is 577 g/mol. The molecule has 0 bridgehead atoms. The summed E-state index contributed by atoms with van der Waals surface area (Å²) in [5.41, 5.74) is 0.993. The highest BCUT2D eigenvalue weighted by molar-refractivity contribution is 6.44. The van der Waals surface area contributed by atoms with E-state index in [1.165, 1.54) is 0 Å². The van der Waals surface area contributed by atoms with Crippen molar-refractivity contribution in [2.24, 2.45) is 0 Å². The highest BCUT2D eigenvalue weighted by Gasteiger charge is 2.30. The molecule has 3 rings (SSSR count). The van der Waals surface area contributed by atoms with E-state index in [0.29, 0.717) is 24.5 Å². The highest BCUT2D eigenvalue weighted by Crippen LogP contribution is 2.17. The fourth-order valence-corrected chi connectivity index (χ4v) is 4.46. The van der Waals surface area contributed by atoms with Crippen molar-refractivity contribution in [1.82, 2.24) is 0 Å². The van der Waals surface area contributed by atoms with Crippen LogP contribution >= 0.6 is 0 Å². The van der Waals surface area contributed by atoms with E-state index in [0.717, 1.165) is 57.8 Å². The van der Waals surface area contributed by atoms with Gasteiger partial charge in [-0.25, -0.2) is 4.79 Å². The zero-order valence-electron chi connectivity index (χ0n) is 24.0. The molecule has 0 aromatic heterocycles. The quantitative estimate of drug-likeness (QED) is 0.0770. The third kappa shape index (κ3) is 11.0. The van der Waals surface area contributed by atoms with Gasteiger partial charge in [-0.3, -0.25) is 14.4 Å². The summed E-state index contributed by atoms with van der Waals surface area (Å²) in [7, 11) is 0. The van der Waals surface area contributed by atoms with Crippen molar-refractivity contribution in [3.63, 3.8) is 0 Å². The molecular formula is C33H40N2O7. The molecule has 42 heavy (non-hydrogen) atoms. The largest absolute Gasteiger partial charge is 0.508 e. The maximum Gasteiger partial charge on any atom is 0.345 e. The molecule has 0 spiro atoms. The number of amides is 2. The second kappa shape index (κ2) is 18.2. The van der Waals surface area contributed by atoms with Gasteiger partial charge in [0.15, 0.2) is 5.78 Å². The van der Waals surface area contributed by atoms with Gasteiger partial charge in [0.2, 0.25) is 0 Å². The Kier molecular flexibility index (Phi) is 14.0. The predicted molar refractivity (Wildman–Crippen MR) is 161 cm³/mol. The van der Waals surface area contributed by atoms with E-state index in [9.17, 15) is 24.3 Å². The second-order valence-electron chi connectivity index (χ2n) is 10.0. The topological polar surface area (TPSA) is 122 Å². The van der Waals surface area contributed by atoms with Crippen molar-refractivity contribution in [2.75, 3.05) is 36.6 Å². The number of anilines is 2. The average Bonchev–Trinajstić information content (AvgIpc) is 3.34. The number of allylic oxidation sites excluding steroid dienone is 2. The molecule has 224 valence electrons. The number of aliphatic hydroxyl groups is 1. The molecule has 2 N–H and O–H groups in total. The first kappa shape index (κ1) is 32.3. The molecule has 1 aliphatic heterocycles. The van der Waals surface area contributed by atoms with Gasteiger partial charge in [0.25, 0.3) is 0 Å². The Labute approximate surface area is 247 Å². The molecule has 0 atom stereocenters. The molecule has 0 saturated heterocycles. The third-order valence-electron chi connectivity index (χ3n) is 6.71. The second-order valence-corrected chi connectivity index (χ2v) is 10.0. The van der Waals surface area contributed by atoms with Gasteiger partial charge in [-0.1, -0.05) is 67.8 Å². The number of unbranched alkanes of at least 4 members (excludes halogenated alkanes) is 7. The Balaban J connectivity index is 1.23. The normalized spacial score (nSPS) is 12.9. The molecule has 2 aromatic carbocycles. The molecule has 0 fully saturated rings. The molecule has 2 amide bonds. The van der Waals surface area contributed by atoms with Gasteiger partial charge < -0.3 is 24.8 Å². The van der Waals surface area contributed by atoms with E-state index in [2.05, 4.69) is 22.2 Å². The van der Waals surface area contributed by atoms with Crippen molar-refractivity contribution in [2.45, 2.75) is 57.8 Å². The number of carbonyl (C=O) groups is 4. The van der Waals surface area contributed by atoms with E-state index < -0.39 is 23.6 Å². The molecule has 0 aliphatic carbocycles. The molecule has 1 heterocycles. The fourth-order valence-electron chi connectivity index (χ4n) is 4.46. The predicted octanol–water partition coefficient (Wildman–Crippen LogP) is 5.68. The van der Waals surface area contributed by atoms with Crippen LogP contribution in [0.15, 0.2) is 84.1 Å². The number of hydrogen-bond donors (Lipinski definition) is 2. The summed E-state index contributed by atoms with van der Waals surface area (Å²) in [5.74, 6) is -2.89. The monoisotopic (exact) mass is 576 g/mol. The number of nitrogens with one attached hydrogen (secondary N) is 1. The number of benzene rings is 2. The van der Waals surface area contributed by atoms with Gasteiger partial charge >= 0.3 is 17.8 Å². The van der Waals surface area contributed by atoms with E-state index in [4.69, 9.17) is 4.74 Å². The first-order valence-electron chi connectivity index (χ1n) is 14.6. The number of ether oxygens (including phenoxy) is 2. The van der Waals surface area contributed by atoms with Crippen LogP contribution in [-0.4, -0.2) is 55.0 Å². The molecular weight excluding hydrogens is 536 g/mol. The first-order valence-corrected chi connectivity index (χ1v) is 14.6. The molecule has 1 aliphatic rings. The van der Waals surface area contributed by atoms with Crippen LogP contribution in [-0.2, 0) is 28.7 Å². The lowest BCUT2D eigenvalue weighted by atomic mass is 10.1. The van der Waals surface area contributed by atoms with Crippen LogP contribution in [0.2, 0.25) is 0 Å². The van der Waals surface area contributed by atoms with Crippen LogP contribution in [0.3, 0.4) is 0 Å². The number of carbonyl (C=O) groups excluding carboxylic acids is 4. The van der Waals surface area contributed by atoms with Crippen LogP contribution in [0.4, 0.5) is 11.4 Å². The SMILES string of the molecule is O=C(COCCCCCCC/C=C\CCCCN(C(=O)C(=O)Nc1ccccc1)c1ccccc1)C1=C(O)COC1=O. The summed E-state index contributed by atoms with van der Waals surface area (Å²) in [6.45, 7) is 0.411. The van der Waals surface area contributed by atoms with Crippen molar-refractivity contribution in [1.29, 1.82) is 0 Å². The number of para-hydroxylation sites is 2. The van der Waals surface area contributed by atoms with E-state index >= 15 is 0 Å². The number of esters is 1. The zero-order valence-corrected chi connectivity index (χ0v) is 24.0. The fraction of sp³-hybridized carbons (Fsp3) is 0.394. The number of rotatable bonds is 18. The Bertz CT molecular complexity index is 1230. The maximum absolute atomic E-state index is 13.0. The Morgan fingerprint density at radius 2 is 1.48 bits per heavy atom. The lowest BCUT2D eigenvalue weighted by Crippen LogP contribution is -2.40. The van der Waals surface area contributed by atoms with Crippen LogP contribution in [0.5, 0.6) is 0 Å². The number of Topliss-reactive ketones (excluding diaryl/α,β-unsaturated/α-hetero) is 1. The first-order chi connectivity index (χ1) is 20.5. The minimum absolute atomic E-state index is 0.233. The minimum atomic E-state index is -0.790. The summed E-state index contributed by atoms with van der Waals surface area (Å²) in [5, 5.41) is 12.2. The van der Waals surface area contributed by atoms with Gasteiger partial charge in [0, 0.05) is 24.5 Å². The van der Waals surface area contributed by atoms with Crippen molar-refractivity contribution in [3.8, 4) is 0 Å². The molecule has 0 radical (unpaired) electrons. The van der Waals surface area contributed by atoms with Gasteiger partial charge in [-0.15, -0.1) is 0 Å². The van der Waals surface area contributed by atoms with Gasteiger partial charge in [-0.2, -0.15) is 0 Å². The van der Waals surface area contributed by atoms with E-state index in [1.54, 1.807) is 29.2 Å². The number of hydrogen-bond acceptors (Lipinski definition) is 7. The summed E-state index contributed by atoms with van der Waals surface area (Å²) in [4.78, 5) is 50.4. The minimum Gasteiger partial charge on any atom is -0.508 e. The molecule has 0 unspecified atom stereocenters. The Morgan fingerprint density at radius 1 is 0.857 bits per heavy atom. The van der Waals surface area contributed by atoms with Crippen molar-refractivity contribution < 1.29 is 33.8 Å². The van der Waals surface area contributed by atoms with Crippen LogP contribution in [0.1, 0.15) is 57.8 Å². The van der Waals surface area contributed by atoms with Crippen LogP contribution < -0.4 is 10.2 Å². The van der Waals surface area contributed by atoms with Crippen LogP contribution in [0.25, 0.3) is 0 Å². The summed E-state index contributed by atoms with van der Waals surface area (Å²) < 4.78 is 9.94. The number of ketones is 1. The number of nitrogens with zero attached hydrogens (tertiary/aromatic N) is 1. The van der Waals surface area contributed by atoms with Gasteiger partial charge in [0.05, 0.1) is 0 Å². The molecule has 9 nitrogen and oxygen atoms in total. The van der Waals surface area contributed by atoms with Crippen molar-refractivity contribution in [3.05, 3.63) is 84.1 Å². The lowest BCUT2D eigenvalue weighted by Gasteiger charge is -2.22. The summed E-state index contributed by atoms with van der Waals surface area (Å²) in [6, 6.07) is 18.2. The summed E-state index contributed by atoms with van der Waals surface area (Å²) in [6.07, 6.45) is 13.1. The Morgan fingerprint density at radius 3 is 2.14 bits per heavy atom. The molecule has 9 heteroatoms. The standard InChI is InChI=1S/C33H40N2O7/c36-28(30-29(37)25-42-33(30)40)24-41-23-17-9-7-5-3-1-2-4-6-8-16-22-35(27-20-14-11-15-21-27)32(39)31(38)34-26-18-12-10-13-19-26/h2,4,10-15,18-21,37H,1,3,5-9,16-17,22-25H2,(H,34,38)/b4-2-. The zero-order chi connectivity index (χ0) is 30.0.